The van der Waals surface area contributed by atoms with Crippen molar-refractivity contribution in [2.75, 3.05) is 13.1 Å². The Labute approximate surface area is 79.9 Å². The van der Waals surface area contributed by atoms with Gasteiger partial charge in [0.1, 0.15) is 0 Å². The Morgan fingerprint density at radius 3 is 2.54 bits per heavy atom. The van der Waals surface area contributed by atoms with E-state index in [0.717, 1.165) is 6.42 Å². The number of hydrogen-bond acceptors (Lipinski definition) is 3. The summed E-state index contributed by atoms with van der Waals surface area (Å²) < 4.78 is 25.4. The maximum absolute atomic E-state index is 11.4. The molecule has 0 heterocycles. The average molecular weight is 206 g/mol. The van der Waals surface area contributed by atoms with Gasteiger partial charge >= 0.3 is 0 Å². The van der Waals surface area contributed by atoms with E-state index in [1.54, 1.807) is 6.92 Å². The smallest absolute Gasteiger partial charge is 0.215 e. The van der Waals surface area contributed by atoms with Crippen molar-refractivity contribution in [1.29, 1.82) is 0 Å². The van der Waals surface area contributed by atoms with Crippen molar-refractivity contribution < 1.29 is 8.42 Å². The molecule has 0 aromatic rings. The van der Waals surface area contributed by atoms with Crippen molar-refractivity contribution in [3.8, 4) is 0 Å². The highest BCUT2D eigenvalue weighted by atomic mass is 32.2. The van der Waals surface area contributed by atoms with Gasteiger partial charge in [0.05, 0.1) is 5.25 Å². The van der Waals surface area contributed by atoms with Gasteiger partial charge in [0, 0.05) is 13.1 Å². The van der Waals surface area contributed by atoms with Crippen molar-refractivity contribution in [2.24, 2.45) is 17.6 Å². The molecule has 0 amide bonds. The Kier molecular flexibility index (Phi) is 3.32. The van der Waals surface area contributed by atoms with Crippen LogP contribution in [0.15, 0.2) is 0 Å². The first-order valence-corrected chi connectivity index (χ1v) is 6.20. The van der Waals surface area contributed by atoms with Crippen LogP contribution in [0.2, 0.25) is 0 Å². The Morgan fingerprint density at radius 1 is 1.62 bits per heavy atom. The normalized spacial score (nSPS) is 30.1. The molecule has 3 atom stereocenters. The lowest BCUT2D eigenvalue weighted by Crippen LogP contribution is -2.38. The molecule has 0 aromatic carbocycles. The second-order valence-electron chi connectivity index (χ2n) is 3.91. The molecular formula is C8H18N2O2S. The minimum atomic E-state index is -3.16. The maximum atomic E-state index is 11.4. The topological polar surface area (TPSA) is 72.2 Å². The lowest BCUT2D eigenvalue weighted by molar-refractivity contribution is 0.562. The average Bonchev–Trinajstić information content (AvgIpc) is 2.77. The van der Waals surface area contributed by atoms with Gasteiger partial charge in [-0.2, -0.15) is 0 Å². The first-order valence-electron chi connectivity index (χ1n) is 4.66. The molecule has 78 valence electrons. The molecule has 0 aliphatic heterocycles. The monoisotopic (exact) mass is 206 g/mol. The third-order valence-corrected chi connectivity index (χ3v) is 4.51. The van der Waals surface area contributed by atoms with Crippen LogP contribution >= 0.6 is 0 Å². The maximum Gasteiger partial charge on any atom is 0.215 e. The summed E-state index contributed by atoms with van der Waals surface area (Å²) in [5.41, 5.74) is 5.29. The van der Waals surface area contributed by atoms with Crippen LogP contribution in [0, 0.1) is 11.8 Å². The molecule has 1 saturated carbocycles. The van der Waals surface area contributed by atoms with Gasteiger partial charge in [0.25, 0.3) is 0 Å². The van der Waals surface area contributed by atoms with Gasteiger partial charge in [-0.3, -0.25) is 0 Å². The van der Waals surface area contributed by atoms with E-state index >= 15 is 0 Å². The summed E-state index contributed by atoms with van der Waals surface area (Å²) in [6.45, 7) is 4.51. The molecule has 0 radical (unpaired) electrons. The minimum absolute atomic E-state index is 0.176. The summed E-state index contributed by atoms with van der Waals surface area (Å²) in [6.07, 6.45) is 1.14. The summed E-state index contributed by atoms with van der Waals surface area (Å²) in [6, 6.07) is 0. The Hall–Kier alpha value is -0.130. The number of nitrogens with one attached hydrogen (secondary N) is 1. The van der Waals surface area contributed by atoms with Crippen LogP contribution in [0.25, 0.3) is 0 Å². The molecular weight excluding hydrogens is 188 g/mol. The van der Waals surface area contributed by atoms with E-state index in [9.17, 15) is 8.42 Å². The SMILES string of the molecule is CC1CC1CNS(=O)(=O)C(C)CN. The highest BCUT2D eigenvalue weighted by Gasteiger charge is 2.33. The number of sulfonamides is 1. The van der Waals surface area contributed by atoms with Crippen molar-refractivity contribution in [2.45, 2.75) is 25.5 Å². The lowest BCUT2D eigenvalue weighted by Gasteiger charge is -2.11. The number of hydrogen-bond donors (Lipinski definition) is 2. The molecule has 0 spiro atoms. The van der Waals surface area contributed by atoms with Crippen molar-refractivity contribution in [3.05, 3.63) is 0 Å². The zero-order chi connectivity index (χ0) is 10.1. The van der Waals surface area contributed by atoms with Crippen LogP contribution in [-0.2, 0) is 10.0 Å². The van der Waals surface area contributed by atoms with E-state index in [2.05, 4.69) is 11.6 Å². The highest BCUT2D eigenvalue weighted by molar-refractivity contribution is 7.90. The van der Waals surface area contributed by atoms with Gasteiger partial charge in [-0.15, -0.1) is 0 Å². The van der Waals surface area contributed by atoms with E-state index in [-0.39, 0.29) is 6.54 Å². The van der Waals surface area contributed by atoms with Crippen molar-refractivity contribution in [1.82, 2.24) is 4.72 Å². The quantitative estimate of drug-likeness (QED) is 0.660. The van der Waals surface area contributed by atoms with Gasteiger partial charge in [0.2, 0.25) is 10.0 Å². The first kappa shape index (κ1) is 10.9. The van der Waals surface area contributed by atoms with E-state index in [1.165, 1.54) is 0 Å². The minimum Gasteiger partial charge on any atom is -0.329 e. The molecule has 13 heavy (non-hydrogen) atoms. The van der Waals surface area contributed by atoms with E-state index in [0.29, 0.717) is 18.4 Å². The summed E-state index contributed by atoms with van der Waals surface area (Å²) in [5, 5.41) is -0.485. The molecule has 5 heteroatoms. The zero-order valence-electron chi connectivity index (χ0n) is 8.16. The molecule has 1 fully saturated rings. The van der Waals surface area contributed by atoms with E-state index < -0.39 is 15.3 Å². The predicted octanol–water partition coefficient (Wildman–Crippen LogP) is -0.0910. The standard InChI is InChI=1S/C8H18N2O2S/c1-6-3-8(6)5-10-13(11,12)7(2)4-9/h6-8,10H,3-5,9H2,1-2H3. The largest absolute Gasteiger partial charge is 0.329 e. The fraction of sp³-hybridized carbons (Fsp3) is 1.00. The molecule has 1 aliphatic carbocycles. The fourth-order valence-corrected chi connectivity index (χ4v) is 2.16. The summed E-state index contributed by atoms with van der Waals surface area (Å²) >= 11 is 0. The molecule has 3 N–H and O–H groups in total. The molecule has 0 aromatic heterocycles. The van der Waals surface area contributed by atoms with E-state index in [1.807, 2.05) is 0 Å². The Balaban J connectivity index is 2.34. The van der Waals surface area contributed by atoms with Crippen molar-refractivity contribution in [3.63, 3.8) is 0 Å². The molecule has 3 unspecified atom stereocenters. The highest BCUT2D eigenvalue weighted by Crippen LogP contribution is 2.36. The van der Waals surface area contributed by atoms with Crippen LogP contribution in [-0.4, -0.2) is 26.8 Å². The summed E-state index contributed by atoms with van der Waals surface area (Å²) in [4.78, 5) is 0. The van der Waals surface area contributed by atoms with E-state index in [4.69, 9.17) is 5.73 Å². The van der Waals surface area contributed by atoms with Gasteiger partial charge in [-0.25, -0.2) is 13.1 Å². The number of rotatable bonds is 5. The third-order valence-electron chi connectivity index (χ3n) is 2.68. The number of nitrogens with two attached hydrogens (primary N) is 1. The summed E-state index contributed by atoms with van der Waals surface area (Å²) in [7, 11) is -3.16. The Morgan fingerprint density at radius 2 is 2.15 bits per heavy atom. The molecule has 1 rings (SSSR count). The Bertz CT molecular complexity index is 263. The molecule has 1 aliphatic rings. The second-order valence-corrected chi connectivity index (χ2v) is 6.10. The van der Waals surface area contributed by atoms with Crippen LogP contribution in [0.5, 0.6) is 0 Å². The fourth-order valence-electron chi connectivity index (χ4n) is 1.18. The van der Waals surface area contributed by atoms with Crippen molar-refractivity contribution >= 4 is 10.0 Å². The molecule has 0 saturated heterocycles. The lowest BCUT2D eigenvalue weighted by atomic mass is 10.3. The van der Waals surface area contributed by atoms with Crippen LogP contribution in [0.1, 0.15) is 20.3 Å². The zero-order valence-corrected chi connectivity index (χ0v) is 8.97. The predicted molar refractivity (Wildman–Crippen MR) is 52.7 cm³/mol. The van der Waals surface area contributed by atoms with Crippen LogP contribution < -0.4 is 10.5 Å². The summed E-state index contributed by atoms with van der Waals surface area (Å²) in [5.74, 6) is 1.22. The van der Waals surface area contributed by atoms with Crippen LogP contribution in [0.3, 0.4) is 0 Å². The second kappa shape index (κ2) is 3.94. The first-order chi connectivity index (χ1) is 5.97. The molecule has 0 bridgehead atoms. The molecule has 4 nitrogen and oxygen atoms in total. The van der Waals surface area contributed by atoms with Gasteiger partial charge < -0.3 is 5.73 Å². The van der Waals surface area contributed by atoms with Gasteiger partial charge in [-0.05, 0) is 25.2 Å². The van der Waals surface area contributed by atoms with Crippen LogP contribution in [0.4, 0.5) is 0 Å². The third kappa shape index (κ3) is 2.93. The van der Waals surface area contributed by atoms with Gasteiger partial charge in [-0.1, -0.05) is 6.92 Å². The van der Waals surface area contributed by atoms with Gasteiger partial charge in [0.15, 0.2) is 0 Å².